The third kappa shape index (κ3) is 3.03. The first-order valence-corrected chi connectivity index (χ1v) is 6.25. The van der Waals surface area contributed by atoms with Crippen molar-refractivity contribution in [3.63, 3.8) is 0 Å². The van der Waals surface area contributed by atoms with Crippen molar-refractivity contribution in [3.8, 4) is 5.75 Å². The van der Waals surface area contributed by atoms with Gasteiger partial charge in [-0.2, -0.15) is 0 Å². The van der Waals surface area contributed by atoms with Crippen LogP contribution in [0.4, 0.5) is 11.4 Å². The Hall–Kier alpha value is -2.08. The lowest BCUT2D eigenvalue weighted by Crippen LogP contribution is -2.14. The Morgan fingerprint density at radius 3 is 2.89 bits per heavy atom. The number of carbonyl (C=O) groups is 1. The van der Waals surface area contributed by atoms with E-state index in [9.17, 15) is 4.79 Å². The van der Waals surface area contributed by atoms with Crippen LogP contribution in [0.1, 0.15) is 10.4 Å². The van der Waals surface area contributed by atoms with E-state index < -0.39 is 0 Å². The summed E-state index contributed by atoms with van der Waals surface area (Å²) >= 11 is 3.31. The number of nitrogens with one attached hydrogen (secondary N) is 1. The summed E-state index contributed by atoms with van der Waals surface area (Å²) in [5.41, 5.74) is 7.20. The maximum absolute atomic E-state index is 12.2. The highest BCUT2D eigenvalue weighted by Gasteiger charge is 2.14. The Balaban J connectivity index is 2.30. The Morgan fingerprint density at radius 2 is 2.21 bits per heavy atom. The molecular weight excluding hydrogens is 310 g/mol. The molecule has 2 rings (SSSR count). The summed E-state index contributed by atoms with van der Waals surface area (Å²) in [6, 6.07) is 6.60. The molecule has 0 saturated carbocycles. The summed E-state index contributed by atoms with van der Waals surface area (Å²) in [7, 11) is 1.50. The van der Waals surface area contributed by atoms with Crippen LogP contribution in [0.15, 0.2) is 41.1 Å². The summed E-state index contributed by atoms with van der Waals surface area (Å²) < 4.78 is 5.85. The number of hydrogen-bond donors (Lipinski definition) is 2. The number of nitrogen functional groups attached to an aromatic ring is 1. The molecule has 0 radical (unpaired) electrons. The lowest BCUT2D eigenvalue weighted by Gasteiger charge is -2.10. The van der Waals surface area contributed by atoms with Crippen molar-refractivity contribution in [2.24, 2.45) is 0 Å². The molecule has 98 valence electrons. The molecule has 2 aromatic rings. The van der Waals surface area contributed by atoms with Gasteiger partial charge in [0.1, 0.15) is 5.75 Å². The number of rotatable bonds is 3. The number of anilines is 2. The average Bonchev–Trinajstić information content (AvgIpc) is 2.41. The molecule has 1 amide bonds. The van der Waals surface area contributed by atoms with E-state index in [4.69, 9.17) is 10.5 Å². The standard InChI is InChI=1S/C13H12BrN3O2/c1-19-12-3-2-8(15)6-9(12)13(18)17-11-4-5-16-7-10(11)14/h2-7H,15H2,1H3,(H,16,17,18). The maximum atomic E-state index is 12.2. The Morgan fingerprint density at radius 1 is 1.42 bits per heavy atom. The number of nitrogens with two attached hydrogens (primary N) is 1. The van der Waals surface area contributed by atoms with Gasteiger partial charge >= 0.3 is 0 Å². The molecule has 1 aromatic carbocycles. The van der Waals surface area contributed by atoms with E-state index in [1.807, 2.05) is 0 Å². The molecular formula is C13H12BrN3O2. The first kappa shape index (κ1) is 13.4. The van der Waals surface area contributed by atoms with Crippen LogP contribution in [0.2, 0.25) is 0 Å². The van der Waals surface area contributed by atoms with Crippen molar-refractivity contribution in [2.75, 3.05) is 18.2 Å². The van der Waals surface area contributed by atoms with E-state index >= 15 is 0 Å². The van der Waals surface area contributed by atoms with Crippen LogP contribution in [0.25, 0.3) is 0 Å². The van der Waals surface area contributed by atoms with Gasteiger partial charge in [-0.15, -0.1) is 0 Å². The molecule has 1 aromatic heterocycles. The molecule has 0 saturated heterocycles. The van der Waals surface area contributed by atoms with E-state index in [0.717, 1.165) is 0 Å². The molecule has 6 heteroatoms. The van der Waals surface area contributed by atoms with Gasteiger partial charge < -0.3 is 15.8 Å². The fourth-order valence-corrected chi connectivity index (χ4v) is 1.92. The Kier molecular flexibility index (Phi) is 4.01. The third-order valence-corrected chi connectivity index (χ3v) is 3.12. The molecule has 5 nitrogen and oxygen atoms in total. The van der Waals surface area contributed by atoms with Crippen LogP contribution in [0.5, 0.6) is 5.75 Å². The van der Waals surface area contributed by atoms with Crippen molar-refractivity contribution in [3.05, 3.63) is 46.7 Å². The first-order valence-electron chi connectivity index (χ1n) is 5.46. The number of pyridine rings is 1. The van der Waals surface area contributed by atoms with Crippen LogP contribution in [0, 0.1) is 0 Å². The number of aromatic nitrogens is 1. The van der Waals surface area contributed by atoms with Crippen molar-refractivity contribution in [2.45, 2.75) is 0 Å². The summed E-state index contributed by atoms with van der Waals surface area (Å²) in [5.74, 6) is 0.174. The van der Waals surface area contributed by atoms with Crippen molar-refractivity contribution < 1.29 is 9.53 Å². The molecule has 0 bridgehead atoms. The zero-order valence-electron chi connectivity index (χ0n) is 10.2. The van der Waals surface area contributed by atoms with E-state index in [0.29, 0.717) is 27.2 Å². The Bertz CT molecular complexity index is 617. The molecule has 0 unspecified atom stereocenters. The molecule has 0 aliphatic rings. The van der Waals surface area contributed by atoms with Gasteiger partial charge in [-0.1, -0.05) is 0 Å². The number of nitrogens with zero attached hydrogens (tertiary/aromatic N) is 1. The average molecular weight is 322 g/mol. The minimum atomic E-state index is -0.295. The van der Waals surface area contributed by atoms with Crippen molar-refractivity contribution >= 4 is 33.2 Å². The lowest BCUT2D eigenvalue weighted by atomic mass is 10.1. The van der Waals surface area contributed by atoms with Crippen molar-refractivity contribution in [1.29, 1.82) is 0 Å². The van der Waals surface area contributed by atoms with Gasteiger partial charge in [0.05, 0.1) is 22.8 Å². The van der Waals surface area contributed by atoms with Gasteiger partial charge in [-0.25, -0.2) is 0 Å². The van der Waals surface area contributed by atoms with Gasteiger partial charge in [-0.3, -0.25) is 9.78 Å². The number of amides is 1. The van der Waals surface area contributed by atoms with Gasteiger partial charge in [-0.05, 0) is 40.2 Å². The van der Waals surface area contributed by atoms with Crippen LogP contribution >= 0.6 is 15.9 Å². The zero-order valence-corrected chi connectivity index (χ0v) is 11.8. The smallest absolute Gasteiger partial charge is 0.259 e. The second-order valence-electron chi connectivity index (χ2n) is 3.77. The number of benzene rings is 1. The molecule has 3 N–H and O–H groups in total. The van der Waals surface area contributed by atoms with Crippen LogP contribution in [-0.4, -0.2) is 18.0 Å². The molecule has 0 aliphatic carbocycles. The van der Waals surface area contributed by atoms with E-state index in [-0.39, 0.29) is 5.91 Å². The molecule has 0 atom stereocenters. The third-order valence-electron chi connectivity index (χ3n) is 2.49. The fourth-order valence-electron chi connectivity index (χ4n) is 1.57. The van der Waals surface area contributed by atoms with Gasteiger partial charge in [0.25, 0.3) is 5.91 Å². The summed E-state index contributed by atoms with van der Waals surface area (Å²) in [6.07, 6.45) is 3.20. The summed E-state index contributed by atoms with van der Waals surface area (Å²) in [4.78, 5) is 16.1. The summed E-state index contributed by atoms with van der Waals surface area (Å²) in [5, 5.41) is 2.77. The highest BCUT2D eigenvalue weighted by molar-refractivity contribution is 9.10. The first-order chi connectivity index (χ1) is 9.11. The number of halogens is 1. The van der Waals surface area contributed by atoms with E-state index in [2.05, 4.69) is 26.2 Å². The molecule has 0 fully saturated rings. The Labute approximate surface area is 118 Å². The maximum Gasteiger partial charge on any atom is 0.259 e. The molecule has 19 heavy (non-hydrogen) atoms. The highest BCUT2D eigenvalue weighted by atomic mass is 79.9. The minimum Gasteiger partial charge on any atom is -0.496 e. The number of hydrogen-bond acceptors (Lipinski definition) is 4. The number of ether oxygens (including phenoxy) is 1. The zero-order chi connectivity index (χ0) is 13.8. The van der Waals surface area contributed by atoms with Gasteiger partial charge in [0.15, 0.2) is 0 Å². The van der Waals surface area contributed by atoms with Crippen LogP contribution < -0.4 is 15.8 Å². The predicted molar refractivity (Wildman–Crippen MR) is 77.3 cm³/mol. The molecule has 1 heterocycles. The predicted octanol–water partition coefficient (Wildman–Crippen LogP) is 2.69. The second kappa shape index (κ2) is 5.71. The van der Waals surface area contributed by atoms with Crippen LogP contribution in [-0.2, 0) is 0 Å². The monoisotopic (exact) mass is 321 g/mol. The minimum absolute atomic E-state index is 0.295. The van der Waals surface area contributed by atoms with Gasteiger partial charge in [0, 0.05) is 18.1 Å². The normalized spacial score (nSPS) is 10.0. The van der Waals surface area contributed by atoms with E-state index in [1.54, 1.807) is 36.7 Å². The molecule has 0 aliphatic heterocycles. The van der Waals surface area contributed by atoms with Crippen LogP contribution in [0.3, 0.4) is 0 Å². The topological polar surface area (TPSA) is 77.2 Å². The lowest BCUT2D eigenvalue weighted by molar-refractivity contribution is 0.102. The number of carbonyl (C=O) groups excluding carboxylic acids is 1. The van der Waals surface area contributed by atoms with E-state index in [1.165, 1.54) is 7.11 Å². The van der Waals surface area contributed by atoms with Gasteiger partial charge in [0.2, 0.25) is 0 Å². The summed E-state index contributed by atoms with van der Waals surface area (Å²) in [6.45, 7) is 0. The fraction of sp³-hybridized carbons (Fsp3) is 0.0769. The quantitative estimate of drug-likeness (QED) is 0.852. The number of methoxy groups -OCH3 is 1. The largest absolute Gasteiger partial charge is 0.496 e. The van der Waals surface area contributed by atoms with Crippen molar-refractivity contribution in [1.82, 2.24) is 4.98 Å². The molecule has 0 spiro atoms. The highest BCUT2D eigenvalue weighted by Crippen LogP contribution is 2.25. The second-order valence-corrected chi connectivity index (χ2v) is 4.62. The SMILES string of the molecule is COc1ccc(N)cc1C(=O)Nc1ccncc1Br.